The van der Waals surface area contributed by atoms with Gasteiger partial charge in [0.1, 0.15) is 28.8 Å². The van der Waals surface area contributed by atoms with E-state index >= 15 is 0 Å². The van der Waals surface area contributed by atoms with Crippen LogP contribution in [-0.2, 0) is 13.6 Å². The maximum atomic E-state index is 13.1. The van der Waals surface area contributed by atoms with Crippen molar-refractivity contribution in [1.29, 1.82) is 0 Å². The Hall–Kier alpha value is -3.23. The highest BCUT2D eigenvalue weighted by atomic mass is 19.1. The molecule has 1 fully saturated rings. The first-order chi connectivity index (χ1) is 13.5. The zero-order valence-electron chi connectivity index (χ0n) is 15.7. The van der Waals surface area contributed by atoms with E-state index < -0.39 is 5.82 Å². The molecule has 3 aromatic rings. The SMILES string of the molecule is Cc1onc(-c2ccc(F)cn2)c1CNc1cc(C(=O)NCC2CC2)n(C)n1. The van der Waals surface area contributed by atoms with Gasteiger partial charge >= 0.3 is 0 Å². The van der Waals surface area contributed by atoms with E-state index in [-0.39, 0.29) is 5.91 Å². The molecule has 1 amide bonds. The van der Waals surface area contributed by atoms with Crippen molar-refractivity contribution < 1.29 is 13.7 Å². The molecule has 1 aliphatic carbocycles. The lowest BCUT2D eigenvalue weighted by Gasteiger charge is -2.04. The normalized spacial score (nSPS) is 13.5. The summed E-state index contributed by atoms with van der Waals surface area (Å²) in [7, 11) is 1.73. The summed E-state index contributed by atoms with van der Waals surface area (Å²) in [5.41, 5.74) is 2.36. The molecule has 0 aliphatic heterocycles. The van der Waals surface area contributed by atoms with Crippen LogP contribution in [0.1, 0.15) is 34.7 Å². The number of anilines is 1. The largest absolute Gasteiger partial charge is 0.364 e. The summed E-state index contributed by atoms with van der Waals surface area (Å²) in [4.78, 5) is 16.4. The van der Waals surface area contributed by atoms with Crippen molar-refractivity contribution in [3.63, 3.8) is 0 Å². The molecule has 0 radical (unpaired) electrons. The molecule has 0 atom stereocenters. The van der Waals surface area contributed by atoms with Gasteiger partial charge in [-0.25, -0.2) is 4.39 Å². The Bertz CT molecular complexity index is 991. The predicted octanol–water partition coefficient (Wildman–Crippen LogP) is 2.67. The number of hydrogen-bond donors (Lipinski definition) is 2. The van der Waals surface area contributed by atoms with Gasteiger partial charge in [0.15, 0.2) is 0 Å². The van der Waals surface area contributed by atoms with E-state index in [1.807, 2.05) is 0 Å². The van der Waals surface area contributed by atoms with Crippen molar-refractivity contribution in [3.05, 3.63) is 47.2 Å². The maximum Gasteiger partial charge on any atom is 0.269 e. The lowest BCUT2D eigenvalue weighted by Crippen LogP contribution is -2.27. The smallest absolute Gasteiger partial charge is 0.269 e. The molecule has 8 nitrogen and oxygen atoms in total. The highest BCUT2D eigenvalue weighted by molar-refractivity contribution is 5.93. The zero-order chi connectivity index (χ0) is 19.7. The molecule has 0 spiro atoms. The molecule has 0 unspecified atom stereocenters. The Labute approximate surface area is 161 Å². The Morgan fingerprint density at radius 2 is 2.21 bits per heavy atom. The number of amides is 1. The van der Waals surface area contributed by atoms with Gasteiger partial charge in [-0.15, -0.1) is 0 Å². The number of hydrogen-bond acceptors (Lipinski definition) is 6. The first-order valence-corrected chi connectivity index (χ1v) is 9.14. The van der Waals surface area contributed by atoms with Gasteiger partial charge in [0.25, 0.3) is 5.91 Å². The molecule has 1 aliphatic rings. The van der Waals surface area contributed by atoms with Crippen LogP contribution in [0.15, 0.2) is 28.9 Å². The lowest BCUT2D eigenvalue weighted by molar-refractivity contribution is 0.0942. The van der Waals surface area contributed by atoms with Crippen molar-refractivity contribution in [2.45, 2.75) is 26.3 Å². The van der Waals surface area contributed by atoms with E-state index in [0.717, 1.165) is 11.8 Å². The first kappa shape index (κ1) is 18.1. The fourth-order valence-corrected chi connectivity index (χ4v) is 2.91. The second-order valence-corrected chi connectivity index (χ2v) is 6.97. The molecule has 3 aromatic heterocycles. The Kier molecular flexibility index (Phi) is 4.81. The van der Waals surface area contributed by atoms with Crippen molar-refractivity contribution >= 4 is 11.7 Å². The summed E-state index contributed by atoms with van der Waals surface area (Å²) < 4.78 is 20.0. The molecule has 2 N–H and O–H groups in total. The third-order valence-corrected chi connectivity index (χ3v) is 4.76. The van der Waals surface area contributed by atoms with Gasteiger partial charge in [-0.1, -0.05) is 5.16 Å². The number of carbonyl (C=O) groups excluding carboxylic acids is 1. The third kappa shape index (κ3) is 3.88. The zero-order valence-corrected chi connectivity index (χ0v) is 15.7. The summed E-state index contributed by atoms with van der Waals surface area (Å²) in [6.45, 7) is 2.89. The number of aryl methyl sites for hydroxylation is 2. The van der Waals surface area contributed by atoms with Crippen molar-refractivity contribution in [2.75, 3.05) is 11.9 Å². The van der Waals surface area contributed by atoms with Gasteiger partial charge in [0, 0.05) is 31.8 Å². The average molecular weight is 384 g/mol. The minimum absolute atomic E-state index is 0.132. The van der Waals surface area contributed by atoms with Crippen LogP contribution in [0.3, 0.4) is 0 Å². The van der Waals surface area contributed by atoms with Crippen LogP contribution in [0.5, 0.6) is 0 Å². The van der Waals surface area contributed by atoms with E-state index in [4.69, 9.17) is 4.52 Å². The van der Waals surface area contributed by atoms with Crippen LogP contribution in [0.25, 0.3) is 11.4 Å². The number of pyridine rings is 1. The predicted molar refractivity (Wildman–Crippen MR) is 100 cm³/mol. The summed E-state index contributed by atoms with van der Waals surface area (Å²) in [5, 5.41) is 14.5. The van der Waals surface area contributed by atoms with Crippen LogP contribution in [0.4, 0.5) is 10.2 Å². The molecule has 146 valence electrons. The first-order valence-electron chi connectivity index (χ1n) is 9.14. The summed E-state index contributed by atoms with van der Waals surface area (Å²) in [6, 6.07) is 4.59. The molecule has 9 heteroatoms. The van der Waals surface area contributed by atoms with E-state index in [9.17, 15) is 9.18 Å². The van der Waals surface area contributed by atoms with E-state index in [2.05, 4.69) is 25.9 Å². The van der Waals surface area contributed by atoms with Gasteiger partial charge in [0.2, 0.25) is 0 Å². The number of aromatic nitrogens is 4. The molecule has 0 saturated heterocycles. The standard InChI is InChI=1S/C19H21FN6O2/c1-11-14(18(25-28-11)15-6-5-13(20)9-21-15)10-22-17-7-16(26(2)24-17)19(27)23-8-12-3-4-12/h5-7,9,12H,3-4,8,10H2,1-2H3,(H,22,24)(H,23,27). The molecular weight excluding hydrogens is 363 g/mol. The van der Waals surface area contributed by atoms with Crippen molar-refractivity contribution in [2.24, 2.45) is 13.0 Å². The summed E-state index contributed by atoms with van der Waals surface area (Å²) in [6.07, 6.45) is 3.51. The molecule has 0 bridgehead atoms. The van der Waals surface area contributed by atoms with Crippen LogP contribution in [-0.4, -0.2) is 32.4 Å². The Balaban J connectivity index is 1.46. The Morgan fingerprint density at radius 3 is 2.93 bits per heavy atom. The molecule has 3 heterocycles. The van der Waals surface area contributed by atoms with Crippen LogP contribution in [0, 0.1) is 18.7 Å². The second kappa shape index (κ2) is 7.41. The van der Waals surface area contributed by atoms with Crippen LogP contribution < -0.4 is 10.6 Å². The Morgan fingerprint density at radius 1 is 1.39 bits per heavy atom. The van der Waals surface area contributed by atoms with Gasteiger partial charge in [-0.2, -0.15) is 5.10 Å². The maximum absolute atomic E-state index is 13.1. The quantitative estimate of drug-likeness (QED) is 0.650. The van der Waals surface area contributed by atoms with E-state index in [0.29, 0.717) is 47.7 Å². The molecule has 1 saturated carbocycles. The fraction of sp³-hybridized carbons (Fsp3) is 0.368. The fourth-order valence-electron chi connectivity index (χ4n) is 2.91. The topological polar surface area (TPSA) is 97.9 Å². The van der Waals surface area contributed by atoms with Crippen LogP contribution >= 0.6 is 0 Å². The third-order valence-electron chi connectivity index (χ3n) is 4.76. The summed E-state index contributed by atoms with van der Waals surface area (Å²) in [5.74, 6) is 1.27. The van der Waals surface area contributed by atoms with Crippen molar-refractivity contribution in [3.8, 4) is 11.4 Å². The minimum atomic E-state index is -0.412. The number of rotatable bonds is 7. The number of halogens is 1. The second-order valence-electron chi connectivity index (χ2n) is 6.97. The lowest BCUT2D eigenvalue weighted by atomic mass is 10.1. The highest BCUT2D eigenvalue weighted by Crippen LogP contribution is 2.28. The molecular formula is C19H21FN6O2. The van der Waals surface area contributed by atoms with Gasteiger partial charge in [0.05, 0.1) is 11.9 Å². The van der Waals surface area contributed by atoms with E-state index in [1.54, 1.807) is 30.8 Å². The monoisotopic (exact) mass is 384 g/mol. The summed E-state index contributed by atoms with van der Waals surface area (Å²) >= 11 is 0. The molecule has 0 aromatic carbocycles. The van der Waals surface area contributed by atoms with Crippen LogP contribution in [0.2, 0.25) is 0 Å². The van der Waals surface area contributed by atoms with Gasteiger partial charge in [-0.05, 0) is 37.8 Å². The average Bonchev–Trinajstić information content (AvgIpc) is 3.34. The van der Waals surface area contributed by atoms with Gasteiger partial charge < -0.3 is 15.2 Å². The van der Waals surface area contributed by atoms with E-state index in [1.165, 1.54) is 18.9 Å². The molecule has 4 rings (SSSR count). The van der Waals surface area contributed by atoms with Gasteiger partial charge in [-0.3, -0.25) is 14.5 Å². The van der Waals surface area contributed by atoms with Crippen molar-refractivity contribution in [1.82, 2.24) is 25.2 Å². The highest BCUT2D eigenvalue weighted by Gasteiger charge is 2.23. The number of carbonyl (C=O) groups is 1. The number of nitrogens with one attached hydrogen (secondary N) is 2. The molecule has 28 heavy (non-hydrogen) atoms. The number of nitrogens with zero attached hydrogens (tertiary/aromatic N) is 4. The minimum Gasteiger partial charge on any atom is -0.364 e.